The summed E-state index contributed by atoms with van der Waals surface area (Å²) >= 11 is 0. The van der Waals surface area contributed by atoms with Gasteiger partial charge in [-0.15, -0.1) is 0 Å². The van der Waals surface area contributed by atoms with Gasteiger partial charge in [0, 0.05) is 43.7 Å². The van der Waals surface area contributed by atoms with Crippen molar-refractivity contribution in [3.05, 3.63) is 53.5 Å². The fourth-order valence-corrected chi connectivity index (χ4v) is 5.02. The number of ether oxygens (including phenoxy) is 1. The molecule has 1 amide bonds. The first-order valence-electron chi connectivity index (χ1n) is 10.1. The van der Waals surface area contributed by atoms with Crippen molar-refractivity contribution in [1.29, 1.82) is 0 Å². The summed E-state index contributed by atoms with van der Waals surface area (Å²) < 4.78 is 42.9. The molecule has 32 heavy (non-hydrogen) atoms. The van der Waals surface area contributed by atoms with Gasteiger partial charge in [-0.25, -0.2) is 13.2 Å². The minimum absolute atomic E-state index is 0.165. The van der Waals surface area contributed by atoms with Gasteiger partial charge in [0.1, 0.15) is 5.58 Å². The fourth-order valence-electron chi connectivity index (χ4n) is 3.69. The van der Waals surface area contributed by atoms with Gasteiger partial charge in [-0.2, -0.15) is 4.31 Å². The normalized spacial score (nSPS) is 15.8. The first kappa shape index (κ1) is 22.1. The highest BCUT2D eigenvalue weighted by Crippen LogP contribution is 2.29. The lowest BCUT2D eigenvalue weighted by molar-refractivity contribution is 0.0488. The summed E-state index contributed by atoms with van der Waals surface area (Å²) in [5.41, 5.74) is 6.44. The number of benzene rings is 1. The largest absolute Gasteiger partial charge is 0.460 e. The second-order valence-corrected chi connectivity index (χ2v) is 9.16. The second-order valence-electron chi connectivity index (χ2n) is 7.29. The van der Waals surface area contributed by atoms with Crippen LogP contribution in [-0.2, 0) is 21.3 Å². The van der Waals surface area contributed by atoms with Gasteiger partial charge >= 0.3 is 5.97 Å². The number of para-hydroxylation sites is 1. The highest BCUT2D eigenvalue weighted by molar-refractivity contribution is 7.89. The molecular weight excluding hydrogens is 438 g/mol. The van der Waals surface area contributed by atoms with Crippen LogP contribution in [0.5, 0.6) is 0 Å². The van der Waals surface area contributed by atoms with Gasteiger partial charge in [0.2, 0.25) is 10.9 Å². The van der Waals surface area contributed by atoms with Crippen LogP contribution in [0.25, 0.3) is 11.0 Å². The van der Waals surface area contributed by atoms with E-state index in [0.29, 0.717) is 30.8 Å². The van der Waals surface area contributed by atoms with Gasteiger partial charge < -0.3 is 19.3 Å². The van der Waals surface area contributed by atoms with Gasteiger partial charge in [0.15, 0.2) is 5.76 Å². The lowest BCUT2D eigenvalue weighted by atomic mass is 10.1. The van der Waals surface area contributed by atoms with Crippen molar-refractivity contribution in [2.45, 2.75) is 18.6 Å². The van der Waals surface area contributed by atoms with Crippen LogP contribution >= 0.6 is 0 Å². The Balaban J connectivity index is 1.49. The third-order valence-electron chi connectivity index (χ3n) is 5.29. The summed E-state index contributed by atoms with van der Waals surface area (Å²) in [5, 5.41) is 0.505. The van der Waals surface area contributed by atoms with E-state index in [-0.39, 0.29) is 36.3 Å². The van der Waals surface area contributed by atoms with Gasteiger partial charge in [-0.05, 0) is 25.1 Å². The molecule has 3 aromatic rings. The van der Waals surface area contributed by atoms with Crippen molar-refractivity contribution in [2.75, 3.05) is 32.8 Å². The number of hydrogen-bond acceptors (Lipinski definition) is 8. The monoisotopic (exact) mass is 461 g/mol. The Morgan fingerprint density at radius 1 is 1.06 bits per heavy atom. The highest BCUT2D eigenvalue weighted by atomic mass is 32.2. The summed E-state index contributed by atoms with van der Waals surface area (Å²) in [7, 11) is -3.88. The third-order valence-corrected chi connectivity index (χ3v) is 7.06. The molecule has 1 aromatic carbocycles. The molecule has 1 fully saturated rings. The molecule has 0 bridgehead atoms. The Morgan fingerprint density at radius 2 is 1.78 bits per heavy atom. The van der Waals surface area contributed by atoms with Crippen molar-refractivity contribution in [3.63, 3.8) is 0 Å². The van der Waals surface area contributed by atoms with Crippen LogP contribution in [0.1, 0.15) is 33.6 Å². The molecule has 0 saturated carbocycles. The van der Waals surface area contributed by atoms with Gasteiger partial charge in [-0.1, -0.05) is 18.2 Å². The zero-order valence-corrected chi connectivity index (χ0v) is 18.3. The molecule has 1 saturated heterocycles. The number of hydrogen-bond donors (Lipinski definition) is 1. The number of esters is 1. The van der Waals surface area contributed by atoms with Crippen molar-refractivity contribution in [3.8, 4) is 0 Å². The molecule has 10 nitrogen and oxygen atoms in total. The predicted octanol–water partition coefficient (Wildman–Crippen LogP) is 1.81. The standard InChI is InChI=1S/C21H23N3O7S/c1-2-29-21(26)19-15(14-5-3-4-6-16(14)31-19)13-23-9-11-24(12-10-23)32(27,28)18-8-7-17(30-18)20(22)25/h3-8H,2,9-13H2,1H3,(H2,22,25). The van der Waals surface area contributed by atoms with Gasteiger partial charge in [-0.3, -0.25) is 9.69 Å². The predicted molar refractivity (Wildman–Crippen MR) is 113 cm³/mol. The SMILES string of the molecule is CCOC(=O)c1oc2ccccc2c1CN1CCN(S(=O)(=O)c2ccc(C(N)=O)o2)CC1. The van der Waals surface area contributed by atoms with Gasteiger partial charge in [0.25, 0.3) is 15.9 Å². The molecule has 0 radical (unpaired) electrons. The number of furan rings is 2. The van der Waals surface area contributed by atoms with Crippen molar-refractivity contribution >= 4 is 32.9 Å². The number of sulfonamides is 1. The summed E-state index contributed by atoms with van der Waals surface area (Å²) in [6.07, 6.45) is 0. The van der Waals surface area contributed by atoms with Gasteiger partial charge in [0.05, 0.1) is 6.61 Å². The average Bonchev–Trinajstić information content (AvgIpc) is 3.41. The van der Waals surface area contributed by atoms with E-state index in [1.807, 2.05) is 23.1 Å². The van der Waals surface area contributed by atoms with Crippen LogP contribution in [0.15, 0.2) is 50.3 Å². The van der Waals surface area contributed by atoms with Crippen molar-refractivity contribution < 1.29 is 31.6 Å². The van der Waals surface area contributed by atoms with E-state index in [9.17, 15) is 18.0 Å². The molecule has 11 heteroatoms. The minimum Gasteiger partial charge on any atom is -0.460 e. The van der Waals surface area contributed by atoms with E-state index in [1.165, 1.54) is 16.4 Å². The quantitative estimate of drug-likeness (QED) is 0.526. The summed E-state index contributed by atoms with van der Waals surface area (Å²) in [6.45, 7) is 3.68. The summed E-state index contributed by atoms with van der Waals surface area (Å²) in [6, 6.07) is 9.83. The minimum atomic E-state index is -3.88. The lowest BCUT2D eigenvalue weighted by Crippen LogP contribution is -2.48. The maximum absolute atomic E-state index is 12.8. The van der Waals surface area contributed by atoms with Crippen LogP contribution in [0.3, 0.4) is 0 Å². The van der Waals surface area contributed by atoms with Crippen LogP contribution in [0.2, 0.25) is 0 Å². The summed E-state index contributed by atoms with van der Waals surface area (Å²) in [4.78, 5) is 25.6. The van der Waals surface area contributed by atoms with E-state index < -0.39 is 21.9 Å². The highest BCUT2D eigenvalue weighted by Gasteiger charge is 2.32. The Bertz CT molecular complexity index is 1250. The fraction of sp³-hybridized carbons (Fsp3) is 0.333. The molecule has 0 atom stereocenters. The zero-order valence-electron chi connectivity index (χ0n) is 17.4. The number of nitrogens with zero attached hydrogens (tertiary/aromatic N) is 2. The Labute approximate surface area is 184 Å². The Kier molecular flexibility index (Phi) is 6.04. The smallest absolute Gasteiger partial charge is 0.374 e. The number of carbonyl (C=O) groups is 2. The lowest BCUT2D eigenvalue weighted by Gasteiger charge is -2.33. The first-order valence-corrected chi connectivity index (χ1v) is 11.5. The number of amides is 1. The van der Waals surface area contributed by atoms with E-state index in [0.717, 1.165) is 5.39 Å². The third kappa shape index (κ3) is 4.14. The molecule has 0 aliphatic carbocycles. The molecule has 1 aliphatic heterocycles. The molecule has 2 N–H and O–H groups in total. The number of nitrogens with two attached hydrogens (primary N) is 1. The van der Waals surface area contributed by atoms with Crippen LogP contribution in [0.4, 0.5) is 0 Å². The maximum Gasteiger partial charge on any atom is 0.374 e. The molecule has 4 rings (SSSR count). The van der Waals surface area contributed by atoms with Crippen molar-refractivity contribution in [2.24, 2.45) is 5.73 Å². The van der Waals surface area contributed by atoms with E-state index >= 15 is 0 Å². The molecule has 2 aromatic heterocycles. The Morgan fingerprint density at radius 3 is 2.44 bits per heavy atom. The molecule has 3 heterocycles. The van der Waals surface area contributed by atoms with Crippen molar-refractivity contribution in [1.82, 2.24) is 9.21 Å². The number of fused-ring (bicyclic) bond motifs is 1. The average molecular weight is 461 g/mol. The zero-order chi connectivity index (χ0) is 22.9. The molecule has 0 spiro atoms. The molecule has 0 unspecified atom stereocenters. The number of rotatable bonds is 7. The topological polar surface area (TPSA) is 136 Å². The van der Waals surface area contributed by atoms with E-state index in [4.69, 9.17) is 19.3 Å². The first-order chi connectivity index (χ1) is 15.3. The molecular formula is C21H23N3O7S. The maximum atomic E-state index is 12.8. The van der Waals surface area contributed by atoms with Crippen LogP contribution < -0.4 is 5.73 Å². The number of piperazine rings is 1. The van der Waals surface area contributed by atoms with E-state index in [1.54, 1.807) is 13.0 Å². The van der Waals surface area contributed by atoms with E-state index in [2.05, 4.69) is 0 Å². The summed E-state index contributed by atoms with van der Waals surface area (Å²) in [5.74, 6) is -1.40. The number of primary amides is 1. The Hall–Kier alpha value is -3.15. The molecule has 170 valence electrons. The number of carbonyl (C=O) groups excluding carboxylic acids is 2. The van der Waals surface area contributed by atoms with Crippen LogP contribution in [-0.4, -0.2) is 62.3 Å². The van der Waals surface area contributed by atoms with Crippen LogP contribution in [0, 0.1) is 0 Å². The second kappa shape index (κ2) is 8.77. The molecule has 1 aliphatic rings.